The maximum Gasteiger partial charge on any atom is 0.0133 e. The Morgan fingerprint density at radius 2 is 2.00 bits per heavy atom. The summed E-state index contributed by atoms with van der Waals surface area (Å²) in [4.78, 5) is 0. The van der Waals surface area contributed by atoms with Crippen LogP contribution in [-0.4, -0.2) is 17.4 Å². The molecule has 0 aromatic rings. The first-order chi connectivity index (χ1) is 3.90. The molecule has 1 saturated heterocycles. The lowest BCUT2D eigenvalue weighted by molar-refractivity contribution is 0.518. The molecule has 3 heteroatoms. The summed E-state index contributed by atoms with van der Waals surface area (Å²) in [5.74, 6) is 2.04. The van der Waals surface area contributed by atoms with Crippen molar-refractivity contribution in [3.63, 3.8) is 0 Å². The summed E-state index contributed by atoms with van der Waals surface area (Å²) >= 11 is 1.40. The summed E-state index contributed by atoms with van der Waals surface area (Å²) < 4.78 is 2.25. The van der Waals surface area contributed by atoms with Gasteiger partial charge in [-0.1, -0.05) is 0 Å². The molecule has 1 aliphatic heterocycles. The van der Waals surface area contributed by atoms with Gasteiger partial charge in [-0.25, -0.2) is 4.31 Å². The predicted octanol–water partition coefficient (Wildman–Crippen LogP) is 0.460. The molecule has 2 unspecified atom stereocenters. The second-order valence-corrected chi connectivity index (χ2v) is 3.44. The number of hydrogen-bond acceptors (Lipinski definition) is 3. The van der Waals surface area contributed by atoms with Crippen LogP contribution in [0.3, 0.4) is 0 Å². The molecule has 46 valence electrons. The van der Waals surface area contributed by atoms with E-state index in [4.69, 9.17) is 5.14 Å². The van der Waals surface area contributed by atoms with Gasteiger partial charge in [-0.15, -0.1) is 0 Å². The zero-order valence-corrected chi connectivity index (χ0v) is 5.53. The molecule has 1 aliphatic carbocycles. The van der Waals surface area contributed by atoms with E-state index in [1.807, 2.05) is 0 Å². The molecule has 0 radical (unpaired) electrons. The Hall–Kier alpha value is 0.270. The van der Waals surface area contributed by atoms with Crippen LogP contribution in [0.25, 0.3) is 0 Å². The molecule has 0 aromatic heterocycles. The van der Waals surface area contributed by atoms with E-state index in [1.165, 1.54) is 31.6 Å². The number of nitrogens with two attached hydrogens (primary N) is 1. The van der Waals surface area contributed by atoms with Gasteiger partial charge in [0.15, 0.2) is 0 Å². The molecule has 2 atom stereocenters. The first-order valence-electron chi connectivity index (χ1n) is 3.02. The summed E-state index contributed by atoms with van der Waals surface area (Å²) in [6.45, 7) is 2.48. The van der Waals surface area contributed by atoms with E-state index < -0.39 is 0 Å². The minimum Gasteiger partial charge on any atom is -0.264 e. The van der Waals surface area contributed by atoms with Crippen LogP contribution in [0.2, 0.25) is 0 Å². The number of rotatable bonds is 1. The second kappa shape index (κ2) is 1.62. The van der Waals surface area contributed by atoms with Crippen LogP contribution in [-0.2, 0) is 0 Å². The first kappa shape index (κ1) is 5.09. The molecule has 0 aromatic carbocycles. The van der Waals surface area contributed by atoms with Gasteiger partial charge in [-0.05, 0) is 18.3 Å². The lowest BCUT2D eigenvalue weighted by atomic mass is 10.4. The topological polar surface area (TPSA) is 29.3 Å². The fourth-order valence-corrected chi connectivity index (χ4v) is 2.00. The van der Waals surface area contributed by atoms with Gasteiger partial charge < -0.3 is 0 Å². The fourth-order valence-electron chi connectivity index (χ4n) is 1.44. The van der Waals surface area contributed by atoms with Gasteiger partial charge in [0.05, 0.1) is 0 Å². The van der Waals surface area contributed by atoms with Gasteiger partial charge in [-0.2, -0.15) is 0 Å². The van der Waals surface area contributed by atoms with Crippen LogP contribution in [0.15, 0.2) is 0 Å². The lowest BCUT2D eigenvalue weighted by Crippen LogP contribution is -2.16. The Labute approximate surface area is 53.7 Å². The number of nitrogens with zero attached hydrogens (tertiary/aromatic N) is 1. The molecular weight excluding hydrogens is 120 g/mol. The van der Waals surface area contributed by atoms with Crippen molar-refractivity contribution in [3.05, 3.63) is 0 Å². The largest absolute Gasteiger partial charge is 0.264 e. The Bertz CT molecular complexity index is 96.6. The summed E-state index contributed by atoms with van der Waals surface area (Å²) in [7, 11) is 0. The van der Waals surface area contributed by atoms with E-state index in [-0.39, 0.29) is 0 Å². The van der Waals surface area contributed by atoms with E-state index in [1.54, 1.807) is 0 Å². The highest BCUT2D eigenvalue weighted by molar-refractivity contribution is 7.94. The molecule has 8 heavy (non-hydrogen) atoms. The van der Waals surface area contributed by atoms with Crippen molar-refractivity contribution in [2.24, 2.45) is 17.0 Å². The van der Waals surface area contributed by atoms with Gasteiger partial charge >= 0.3 is 0 Å². The predicted molar refractivity (Wildman–Crippen MR) is 34.9 cm³/mol. The molecule has 1 heterocycles. The maximum atomic E-state index is 5.36. The molecular formula is C5H10N2S. The summed E-state index contributed by atoms with van der Waals surface area (Å²) in [6, 6.07) is 0. The van der Waals surface area contributed by atoms with Crippen molar-refractivity contribution in [3.8, 4) is 0 Å². The Morgan fingerprint density at radius 3 is 2.38 bits per heavy atom. The summed E-state index contributed by atoms with van der Waals surface area (Å²) in [5.41, 5.74) is 0. The monoisotopic (exact) mass is 130 g/mol. The van der Waals surface area contributed by atoms with Crippen LogP contribution < -0.4 is 5.14 Å². The van der Waals surface area contributed by atoms with Crippen molar-refractivity contribution in [2.75, 3.05) is 13.1 Å². The first-order valence-corrected chi connectivity index (χ1v) is 3.85. The minimum atomic E-state index is 1.02. The quantitative estimate of drug-likeness (QED) is 0.523. The third-order valence-corrected chi connectivity index (χ3v) is 2.69. The second-order valence-electron chi connectivity index (χ2n) is 2.71. The molecule has 0 amide bonds. The third-order valence-electron chi connectivity index (χ3n) is 2.09. The number of hydrogen-bond donors (Lipinski definition) is 1. The van der Waals surface area contributed by atoms with Crippen LogP contribution in [0.1, 0.15) is 6.42 Å². The van der Waals surface area contributed by atoms with Crippen molar-refractivity contribution in [1.82, 2.24) is 4.31 Å². The highest BCUT2D eigenvalue weighted by atomic mass is 32.2. The molecule has 0 bridgehead atoms. The van der Waals surface area contributed by atoms with Gasteiger partial charge in [0.2, 0.25) is 0 Å². The van der Waals surface area contributed by atoms with Crippen molar-refractivity contribution in [1.29, 1.82) is 0 Å². The number of fused-ring (bicyclic) bond motifs is 1. The zero-order chi connectivity index (χ0) is 5.56. The highest BCUT2D eigenvalue weighted by Gasteiger charge is 2.44. The van der Waals surface area contributed by atoms with E-state index in [0.717, 1.165) is 11.8 Å². The molecule has 2 rings (SSSR count). The van der Waals surface area contributed by atoms with Crippen molar-refractivity contribution in [2.45, 2.75) is 6.42 Å². The Morgan fingerprint density at radius 1 is 1.38 bits per heavy atom. The third kappa shape index (κ3) is 0.658. The normalized spacial score (nSPS) is 44.6. The van der Waals surface area contributed by atoms with Gasteiger partial charge in [0.25, 0.3) is 0 Å². The van der Waals surface area contributed by atoms with Crippen LogP contribution in [0.5, 0.6) is 0 Å². The zero-order valence-electron chi connectivity index (χ0n) is 4.71. The van der Waals surface area contributed by atoms with Gasteiger partial charge in [-0.3, -0.25) is 5.14 Å². The van der Waals surface area contributed by atoms with Crippen LogP contribution in [0, 0.1) is 11.8 Å². The summed E-state index contributed by atoms with van der Waals surface area (Å²) in [5, 5.41) is 5.36. The average Bonchev–Trinajstić information content (AvgIpc) is 2.40. The van der Waals surface area contributed by atoms with Crippen molar-refractivity contribution >= 4 is 12.1 Å². The molecule has 1 saturated carbocycles. The highest BCUT2D eigenvalue weighted by Crippen LogP contribution is 2.46. The molecule has 2 nitrogen and oxygen atoms in total. The van der Waals surface area contributed by atoms with Crippen LogP contribution >= 0.6 is 12.1 Å². The van der Waals surface area contributed by atoms with Crippen LogP contribution in [0.4, 0.5) is 0 Å². The summed E-state index contributed by atoms with van der Waals surface area (Å²) in [6.07, 6.45) is 1.47. The molecule has 2 fully saturated rings. The van der Waals surface area contributed by atoms with E-state index in [2.05, 4.69) is 4.31 Å². The molecule has 0 spiro atoms. The standard InChI is InChI=1S/C5H10N2S/c6-8-7-2-4-1-5(4)3-7/h4-5H,1-3,6H2. The van der Waals surface area contributed by atoms with Crippen molar-refractivity contribution < 1.29 is 0 Å². The smallest absolute Gasteiger partial charge is 0.0133 e. The van der Waals surface area contributed by atoms with Gasteiger partial charge in [0.1, 0.15) is 0 Å². The lowest BCUT2D eigenvalue weighted by Gasteiger charge is -2.10. The average molecular weight is 130 g/mol. The van der Waals surface area contributed by atoms with E-state index in [9.17, 15) is 0 Å². The molecule has 2 N–H and O–H groups in total. The number of piperidine rings is 1. The van der Waals surface area contributed by atoms with Gasteiger partial charge in [0, 0.05) is 25.2 Å². The maximum absolute atomic E-state index is 5.36. The SMILES string of the molecule is NSN1CC2CC2C1. The molecule has 2 aliphatic rings. The Balaban J connectivity index is 1.89. The fraction of sp³-hybridized carbons (Fsp3) is 1.00. The Kier molecular flexibility index (Phi) is 1.03. The minimum absolute atomic E-state index is 1.02. The van der Waals surface area contributed by atoms with E-state index in [0.29, 0.717) is 0 Å². The van der Waals surface area contributed by atoms with E-state index >= 15 is 0 Å².